The van der Waals surface area contributed by atoms with E-state index < -0.39 is 0 Å². The lowest BCUT2D eigenvalue weighted by molar-refractivity contribution is -0.118. The number of aryl methyl sites for hydroxylation is 1. The Morgan fingerprint density at radius 1 is 1.16 bits per heavy atom. The number of anilines is 1. The van der Waals surface area contributed by atoms with E-state index in [9.17, 15) is 4.79 Å². The standard InChI is InChI=1S/C24H29N3O2S3/c1-18-3-5-19(6-4-18)31-16-9-23(28)27(11-10-26-12-14-29-15-13-26)24-25-21-8-7-20(30-2)17-22(21)32-24/h3-8,17H,9-16H2,1-2H3. The number of hydrogen-bond donors (Lipinski definition) is 0. The summed E-state index contributed by atoms with van der Waals surface area (Å²) < 4.78 is 6.60. The molecule has 5 nitrogen and oxygen atoms in total. The molecule has 3 aromatic rings. The quantitative estimate of drug-likeness (QED) is 0.388. The molecule has 1 aromatic heterocycles. The number of nitrogens with zero attached hydrogens (tertiary/aromatic N) is 3. The van der Waals surface area contributed by atoms with Crippen molar-refractivity contribution in [1.82, 2.24) is 9.88 Å². The van der Waals surface area contributed by atoms with Crippen LogP contribution < -0.4 is 4.90 Å². The maximum Gasteiger partial charge on any atom is 0.229 e. The minimum absolute atomic E-state index is 0.141. The summed E-state index contributed by atoms with van der Waals surface area (Å²) in [6.07, 6.45) is 2.57. The molecule has 1 saturated heterocycles. The van der Waals surface area contributed by atoms with Crippen LogP contribution in [0.25, 0.3) is 10.2 Å². The molecule has 0 spiro atoms. The largest absolute Gasteiger partial charge is 0.379 e. The first-order valence-corrected chi connectivity index (χ1v) is 13.9. The number of thiazole rings is 1. The van der Waals surface area contributed by atoms with Gasteiger partial charge in [0.05, 0.1) is 23.4 Å². The van der Waals surface area contributed by atoms with Crippen molar-refractivity contribution in [3.63, 3.8) is 0 Å². The number of morpholine rings is 1. The monoisotopic (exact) mass is 487 g/mol. The van der Waals surface area contributed by atoms with Gasteiger partial charge in [0.2, 0.25) is 5.91 Å². The number of carbonyl (C=O) groups excluding carboxylic acids is 1. The lowest BCUT2D eigenvalue weighted by atomic mass is 10.2. The second kappa shape index (κ2) is 11.5. The number of rotatable bonds is 9. The number of aromatic nitrogens is 1. The van der Waals surface area contributed by atoms with Crippen LogP contribution in [0.15, 0.2) is 52.3 Å². The highest BCUT2D eigenvalue weighted by Crippen LogP contribution is 2.32. The molecule has 1 aliphatic heterocycles. The Kier molecular flexibility index (Phi) is 8.49. The van der Waals surface area contributed by atoms with Gasteiger partial charge in [-0.15, -0.1) is 23.5 Å². The molecule has 1 aliphatic rings. The number of carbonyl (C=O) groups is 1. The first-order valence-electron chi connectivity index (χ1n) is 10.9. The topological polar surface area (TPSA) is 45.7 Å². The van der Waals surface area contributed by atoms with Gasteiger partial charge in [-0.3, -0.25) is 14.6 Å². The first kappa shape index (κ1) is 23.6. The molecule has 0 unspecified atom stereocenters. The third-order valence-corrected chi connectivity index (χ3v) is 8.25. The van der Waals surface area contributed by atoms with Gasteiger partial charge in [0, 0.05) is 48.1 Å². The highest BCUT2D eigenvalue weighted by atomic mass is 32.2. The first-order chi connectivity index (χ1) is 15.6. The van der Waals surface area contributed by atoms with Crippen molar-refractivity contribution >= 4 is 56.1 Å². The van der Waals surface area contributed by atoms with Crippen molar-refractivity contribution in [3.05, 3.63) is 48.0 Å². The van der Waals surface area contributed by atoms with Gasteiger partial charge in [0.25, 0.3) is 0 Å². The fraction of sp³-hybridized carbons (Fsp3) is 0.417. The van der Waals surface area contributed by atoms with Crippen LogP contribution in [0.2, 0.25) is 0 Å². The van der Waals surface area contributed by atoms with E-state index in [1.54, 1.807) is 34.9 Å². The summed E-state index contributed by atoms with van der Waals surface area (Å²) >= 11 is 5.07. The minimum Gasteiger partial charge on any atom is -0.379 e. The second-order valence-electron chi connectivity index (χ2n) is 7.74. The summed E-state index contributed by atoms with van der Waals surface area (Å²) in [6.45, 7) is 6.95. The van der Waals surface area contributed by atoms with Gasteiger partial charge in [-0.1, -0.05) is 29.0 Å². The van der Waals surface area contributed by atoms with Gasteiger partial charge >= 0.3 is 0 Å². The Morgan fingerprint density at radius 2 is 1.91 bits per heavy atom. The molecule has 32 heavy (non-hydrogen) atoms. The van der Waals surface area contributed by atoms with Gasteiger partial charge in [-0.2, -0.15) is 0 Å². The molecular formula is C24H29N3O2S3. The fourth-order valence-corrected chi connectivity index (χ4v) is 5.96. The number of amides is 1. The summed E-state index contributed by atoms with van der Waals surface area (Å²) in [6, 6.07) is 14.8. The molecule has 0 radical (unpaired) electrons. The molecule has 0 bridgehead atoms. The molecule has 2 aromatic carbocycles. The van der Waals surface area contributed by atoms with E-state index in [0.717, 1.165) is 53.9 Å². The van der Waals surface area contributed by atoms with Gasteiger partial charge in [-0.05, 0) is 43.5 Å². The number of benzene rings is 2. The van der Waals surface area contributed by atoms with E-state index in [2.05, 4.69) is 60.5 Å². The number of hydrogen-bond acceptors (Lipinski definition) is 7. The highest BCUT2D eigenvalue weighted by molar-refractivity contribution is 7.99. The molecular weight excluding hydrogens is 458 g/mol. The Labute approximate surface area is 202 Å². The minimum atomic E-state index is 0.141. The summed E-state index contributed by atoms with van der Waals surface area (Å²) in [5.41, 5.74) is 2.21. The number of thioether (sulfide) groups is 2. The molecule has 1 fully saturated rings. The van der Waals surface area contributed by atoms with E-state index in [1.165, 1.54) is 15.4 Å². The third-order valence-electron chi connectivity index (χ3n) is 5.47. The maximum absolute atomic E-state index is 13.3. The van der Waals surface area contributed by atoms with Crippen molar-refractivity contribution in [3.8, 4) is 0 Å². The average Bonchev–Trinajstić information content (AvgIpc) is 3.24. The molecule has 0 aliphatic carbocycles. The summed E-state index contributed by atoms with van der Waals surface area (Å²) in [4.78, 5) is 24.8. The van der Waals surface area contributed by atoms with Crippen molar-refractivity contribution in [2.45, 2.75) is 23.1 Å². The molecule has 0 saturated carbocycles. The Morgan fingerprint density at radius 3 is 2.66 bits per heavy atom. The Bertz CT molecular complexity index is 1030. The molecule has 0 atom stereocenters. The van der Waals surface area contributed by atoms with Crippen molar-refractivity contribution in [2.75, 3.05) is 56.3 Å². The molecule has 8 heteroatoms. The van der Waals surface area contributed by atoms with Crippen LogP contribution in [0.4, 0.5) is 5.13 Å². The van der Waals surface area contributed by atoms with Crippen molar-refractivity contribution in [1.29, 1.82) is 0 Å². The molecule has 0 N–H and O–H groups in total. The van der Waals surface area contributed by atoms with Gasteiger partial charge in [-0.25, -0.2) is 4.98 Å². The van der Waals surface area contributed by atoms with E-state index in [1.807, 2.05) is 4.90 Å². The summed E-state index contributed by atoms with van der Waals surface area (Å²) in [5, 5.41) is 0.803. The highest BCUT2D eigenvalue weighted by Gasteiger charge is 2.21. The molecule has 1 amide bonds. The predicted octanol–water partition coefficient (Wildman–Crippen LogP) is 5.17. The smallest absolute Gasteiger partial charge is 0.229 e. The Balaban J connectivity index is 1.45. The third kappa shape index (κ3) is 6.26. The lowest BCUT2D eigenvalue weighted by Gasteiger charge is -2.29. The van der Waals surface area contributed by atoms with E-state index in [4.69, 9.17) is 9.72 Å². The van der Waals surface area contributed by atoms with Crippen LogP contribution in [0.5, 0.6) is 0 Å². The van der Waals surface area contributed by atoms with Gasteiger partial charge < -0.3 is 4.74 Å². The SMILES string of the molecule is CSc1ccc2nc(N(CCN3CCOCC3)C(=O)CCSc3ccc(C)cc3)sc2c1. The van der Waals surface area contributed by atoms with Crippen molar-refractivity contribution < 1.29 is 9.53 Å². The van der Waals surface area contributed by atoms with Crippen LogP contribution in [-0.2, 0) is 9.53 Å². The second-order valence-corrected chi connectivity index (χ2v) is 10.8. The van der Waals surface area contributed by atoms with Crippen LogP contribution in [0.3, 0.4) is 0 Å². The fourth-order valence-electron chi connectivity index (χ4n) is 3.55. The van der Waals surface area contributed by atoms with Crippen LogP contribution in [-0.4, -0.2) is 67.2 Å². The lowest BCUT2D eigenvalue weighted by Crippen LogP contribution is -2.43. The summed E-state index contributed by atoms with van der Waals surface area (Å²) in [7, 11) is 0. The zero-order valence-electron chi connectivity index (χ0n) is 18.6. The van der Waals surface area contributed by atoms with Crippen molar-refractivity contribution in [2.24, 2.45) is 0 Å². The zero-order valence-corrected chi connectivity index (χ0v) is 21.0. The number of ether oxygens (including phenoxy) is 1. The van der Waals surface area contributed by atoms with Gasteiger partial charge in [0.1, 0.15) is 0 Å². The predicted molar refractivity (Wildman–Crippen MR) is 138 cm³/mol. The Hall–Kier alpha value is -1.58. The molecule has 4 rings (SSSR count). The van der Waals surface area contributed by atoms with E-state index in [-0.39, 0.29) is 5.91 Å². The molecule has 170 valence electrons. The van der Waals surface area contributed by atoms with E-state index in [0.29, 0.717) is 13.0 Å². The van der Waals surface area contributed by atoms with E-state index >= 15 is 0 Å². The number of fused-ring (bicyclic) bond motifs is 1. The van der Waals surface area contributed by atoms with Crippen LogP contribution in [0.1, 0.15) is 12.0 Å². The zero-order chi connectivity index (χ0) is 22.3. The summed E-state index contributed by atoms with van der Waals surface area (Å²) in [5.74, 6) is 0.902. The van der Waals surface area contributed by atoms with Gasteiger partial charge in [0.15, 0.2) is 5.13 Å². The molecule has 2 heterocycles. The van der Waals surface area contributed by atoms with Crippen LogP contribution in [0, 0.1) is 6.92 Å². The normalized spacial score (nSPS) is 14.7. The maximum atomic E-state index is 13.3. The average molecular weight is 488 g/mol. The van der Waals surface area contributed by atoms with Crippen LogP contribution >= 0.6 is 34.9 Å².